The van der Waals surface area contributed by atoms with E-state index in [0.717, 1.165) is 30.7 Å². The van der Waals surface area contributed by atoms with Gasteiger partial charge in [-0.3, -0.25) is 4.79 Å². The van der Waals surface area contributed by atoms with Gasteiger partial charge in [0.1, 0.15) is 12.1 Å². The first-order valence-electron chi connectivity index (χ1n) is 8.04. The second kappa shape index (κ2) is 9.23. The van der Waals surface area contributed by atoms with Crippen LogP contribution >= 0.6 is 11.6 Å². The Balaban J connectivity index is 1.82. The van der Waals surface area contributed by atoms with Crippen molar-refractivity contribution in [2.45, 2.75) is 26.2 Å². The zero-order valence-corrected chi connectivity index (χ0v) is 14.8. The molecule has 1 amide bonds. The average molecular weight is 348 g/mol. The summed E-state index contributed by atoms with van der Waals surface area (Å²) in [5.74, 6) is 0.723. The monoisotopic (exact) mass is 347 g/mol. The van der Waals surface area contributed by atoms with E-state index in [1.807, 2.05) is 12.1 Å². The van der Waals surface area contributed by atoms with Crippen LogP contribution in [0.5, 0.6) is 5.75 Å². The van der Waals surface area contributed by atoms with Crippen molar-refractivity contribution in [2.75, 3.05) is 20.2 Å². The topological polar surface area (TPSA) is 55.3 Å². The molecule has 0 aliphatic carbocycles. The van der Waals surface area contributed by atoms with Crippen LogP contribution in [0.15, 0.2) is 36.8 Å². The summed E-state index contributed by atoms with van der Waals surface area (Å²) in [4.78, 5) is 22.4. The van der Waals surface area contributed by atoms with Crippen LogP contribution in [0.25, 0.3) is 0 Å². The smallest absolute Gasteiger partial charge is 0.257 e. The Labute approximate surface area is 147 Å². The van der Waals surface area contributed by atoms with Crippen LogP contribution in [0.3, 0.4) is 0 Å². The lowest BCUT2D eigenvalue weighted by molar-refractivity contribution is 0.0785. The van der Waals surface area contributed by atoms with Gasteiger partial charge in [0.05, 0.1) is 17.9 Å². The van der Waals surface area contributed by atoms with Crippen molar-refractivity contribution in [3.8, 4) is 5.75 Å². The molecule has 2 aromatic rings. The number of hydrogen-bond acceptors (Lipinski definition) is 4. The van der Waals surface area contributed by atoms with Crippen LogP contribution in [0.1, 0.15) is 35.8 Å². The quantitative estimate of drug-likeness (QED) is 0.684. The van der Waals surface area contributed by atoms with Gasteiger partial charge in [-0.2, -0.15) is 0 Å². The number of amides is 1. The van der Waals surface area contributed by atoms with E-state index in [-0.39, 0.29) is 5.91 Å². The minimum atomic E-state index is -0.0504. The number of carbonyl (C=O) groups is 1. The van der Waals surface area contributed by atoms with E-state index < -0.39 is 0 Å². The van der Waals surface area contributed by atoms with Gasteiger partial charge in [0.25, 0.3) is 5.91 Å². The van der Waals surface area contributed by atoms with E-state index in [1.54, 1.807) is 30.3 Å². The average Bonchev–Trinajstić information content (AvgIpc) is 2.60. The predicted molar refractivity (Wildman–Crippen MR) is 94.6 cm³/mol. The number of rotatable bonds is 8. The third kappa shape index (κ3) is 5.20. The third-order valence-corrected chi connectivity index (χ3v) is 3.83. The SMILES string of the molecule is CCCc1ncncc1C(=O)N(C)CCCOc1ccc(Cl)cc1. The van der Waals surface area contributed by atoms with E-state index in [0.29, 0.717) is 23.7 Å². The minimum Gasteiger partial charge on any atom is -0.494 e. The van der Waals surface area contributed by atoms with Crippen LogP contribution in [-0.4, -0.2) is 41.0 Å². The summed E-state index contributed by atoms with van der Waals surface area (Å²) in [6.07, 6.45) is 5.54. The Hall–Kier alpha value is -2.14. The van der Waals surface area contributed by atoms with Gasteiger partial charge in [0.15, 0.2) is 0 Å². The summed E-state index contributed by atoms with van der Waals surface area (Å²) < 4.78 is 5.64. The molecule has 0 spiro atoms. The molecule has 0 N–H and O–H groups in total. The number of halogens is 1. The normalized spacial score (nSPS) is 10.5. The largest absolute Gasteiger partial charge is 0.494 e. The molecule has 24 heavy (non-hydrogen) atoms. The lowest BCUT2D eigenvalue weighted by atomic mass is 10.1. The summed E-state index contributed by atoms with van der Waals surface area (Å²) in [6, 6.07) is 7.24. The summed E-state index contributed by atoms with van der Waals surface area (Å²) in [5.41, 5.74) is 1.39. The van der Waals surface area contributed by atoms with Gasteiger partial charge in [0.2, 0.25) is 0 Å². The maximum atomic E-state index is 12.5. The molecule has 6 heteroatoms. The second-order valence-corrected chi connectivity index (χ2v) is 5.95. The fourth-order valence-electron chi connectivity index (χ4n) is 2.30. The van der Waals surface area contributed by atoms with Gasteiger partial charge in [-0.05, 0) is 37.1 Å². The molecular formula is C18H22ClN3O2. The van der Waals surface area contributed by atoms with Crippen molar-refractivity contribution in [2.24, 2.45) is 0 Å². The van der Waals surface area contributed by atoms with Gasteiger partial charge < -0.3 is 9.64 Å². The van der Waals surface area contributed by atoms with Crippen LogP contribution < -0.4 is 4.74 Å². The lowest BCUT2D eigenvalue weighted by Gasteiger charge is -2.18. The predicted octanol–water partition coefficient (Wildman–Crippen LogP) is 3.62. The van der Waals surface area contributed by atoms with Crippen molar-refractivity contribution in [1.82, 2.24) is 14.9 Å². The molecule has 1 aromatic carbocycles. The molecule has 0 bridgehead atoms. The van der Waals surface area contributed by atoms with E-state index in [1.165, 1.54) is 6.33 Å². The fourth-order valence-corrected chi connectivity index (χ4v) is 2.43. The molecule has 0 radical (unpaired) electrons. The van der Waals surface area contributed by atoms with Gasteiger partial charge in [-0.25, -0.2) is 9.97 Å². The van der Waals surface area contributed by atoms with Crippen molar-refractivity contribution in [3.63, 3.8) is 0 Å². The second-order valence-electron chi connectivity index (χ2n) is 5.52. The minimum absolute atomic E-state index is 0.0504. The first kappa shape index (κ1) is 18.2. The van der Waals surface area contributed by atoms with Gasteiger partial charge >= 0.3 is 0 Å². The number of ether oxygens (including phenoxy) is 1. The van der Waals surface area contributed by atoms with Gasteiger partial charge in [-0.15, -0.1) is 0 Å². The highest BCUT2D eigenvalue weighted by Crippen LogP contribution is 2.15. The maximum absolute atomic E-state index is 12.5. The summed E-state index contributed by atoms with van der Waals surface area (Å²) >= 11 is 5.83. The first-order valence-corrected chi connectivity index (χ1v) is 8.42. The lowest BCUT2D eigenvalue weighted by Crippen LogP contribution is -2.29. The molecule has 0 aliphatic heterocycles. The Kier molecular flexibility index (Phi) is 7.00. The molecular weight excluding hydrogens is 326 g/mol. The highest BCUT2D eigenvalue weighted by atomic mass is 35.5. The zero-order valence-electron chi connectivity index (χ0n) is 14.0. The standard InChI is InChI=1S/C18H22ClN3O2/c1-3-5-17-16(12-20-13-21-17)18(23)22(2)10-4-11-24-15-8-6-14(19)7-9-15/h6-9,12-13H,3-5,10-11H2,1-2H3. The zero-order chi connectivity index (χ0) is 17.4. The summed E-state index contributed by atoms with van der Waals surface area (Å²) in [6.45, 7) is 3.20. The Bertz CT molecular complexity index is 662. The summed E-state index contributed by atoms with van der Waals surface area (Å²) in [5, 5.41) is 0.681. The molecule has 0 atom stereocenters. The number of benzene rings is 1. The van der Waals surface area contributed by atoms with Gasteiger partial charge in [0, 0.05) is 24.8 Å². The number of aryl methyl sites for hydroxylation is 1. The Morgan fingerprint density at radius 3 is 2.75 bits per heavy atom. The molecule has 128 valence electrons. The van der Waals surface area contributed by atoms with E-state index in [9.17, 15) is 4.79 Å². The molecule has 1 aromatic heterocycles. The van der Waals surface area contributed by atoms with Gasteiger partial charge in [-0.1, -0.05) is 24.9 Å². The van der Waals surface area contributed by atoms with E-state index in [4.69, 9.17) is 16.3 Å². The highest BCUT2D eigenvalue weighted by molar-refractivity contribution is 6.30. The van der Waals surface area contributed by atoms with Crippen LogP contribution in [0.2, 0.25) is 5.02 Å². The maximum Gasteiger partial charge on any atom is 0.257 e. The molecule has 1 heterocycles. The summed E-state index contributed by atoms with van der Waals surface area (Å²) in [7, 11) is 1.79. The van der Waals surface area contributed by atoms with Crippen LogP contribution in [0, 0.1) is 0 Å². The molecule has 0 aliphatic rings. The van der Waals surface area contributed by atoms with Crippen molar-refractivity contribution >= 4 is 17.5 Å². The number of nitrogens with zero attached hydrogens (tertiary/aromatic N) is 3. The Morgan fingerprint density at radius 2 is 2.04 bits per heavy atom. The first-order chi connectivity index (χ1) is 11.6. The number of aromatic nitrogens is 2. The van der Waals surface area contributed by atoms with Crippen molar-refractivity contribution in [3.05, 3.63) is 53.1 Å². The van der Waals surface area contributed by atoms with E-state index >= 15 is 0 Å². The van der Waals surface area contributed by atoms with E-state index in [2.05, 4.69) is 16.9 Å². The van der Waals surface area contributed by atoms with Crippen LogP contribution in [0.4, 0.5) is 0 Å². The fraction of sp³-hybridized carbons (Fsp3) is 0.389. The Morgan fingerprint density at radius 1 is 1.29 bits per heavy atom. The number of hydrogen-bond donors (Lipinski definition) is 0. The van der Waals surface area contributed by atoms with Crippen molar-refractivity contribution in [1.29, 1.82) is 0 Å². The third-order valence-electron chi connectivity index (χ3n) is 3.58. The molecule has 0 fully saturated rings. The van der Waals surface area contributed by atoms with Crippen LogP contribution in [-0.2, 0) is 6.42 Å². The molecule has 5 nitrogen and oxygen atoms in total. The number of carbonyl (C=O) groups excluding carboxylic acids is 1. The highest BCUT2D eigenvalue weighted by Gasteiger charge is 2.16. The molecule has 0 unspecified atom stereocenters. The molecule has 0 saturated carbocycles. The molecule has 2 rings (SSSR count). The van der Waals surface area contributed by atoms with Crippen molar-refractivity contribution < 1.29 is 9.53 Å². The molecule has 0 saturated heterocycles.